The van der Waals surface area contributed by atoms with Crippen molar-refractivity contribution >= 4 is 22.9 Å². The third kappa shape index (κ3) is 7.77. The van der Waals surface area contributed by atoms with E-state index >= 15 is 0 Å². The average molecular weight is 634 g/mol. The van der Waals surface area contributed by atoms with E-state index in [-0.39, 0.29) is 43.5 Å². The Bertz CT molecular complexity index is 1840. The summed E-state index contributed by atoms with van der Waals surface area (Å²) in [6, 6.07) is 32.1. The van der Waals surface area contributed by atoms with Crippen molar-refractivity contribution < 1.29 is 29.3 Å². The molecule has 4 aromatic carbocycles. The number of aromatic nitrogens is 2. The van der Waals surface area contributed by atoms with Crippen molar-refractivity contribution in [2.24, 2.45) is 5.92 Å². The second-order valence-electron chi connectivity index (χ2n) is 12.1. The van der Waals surface area contributed by atoms with Gasteiger partial charge in [-0.3, -0.25) is 9.59 Å². The van der Waals surface area contributed by atoms with Crippen LogP contribution >= 0.6 is 0 Å². The molecule has 0 aliphatic carbocycles. The molecule has 0 saturated carbocycles. The van der Waals surface area contributed by atoms with Crippen LogP contribution in [0.3, 0.4) is 0 Å². The van der Waals surface area contributed by atoms with Crippen molar-refractivity contribution in [3.63, 3.8) is 0 Å². The van der Waals surface area contributed by atoms with E-state index in [9.17, 15) is 14.7 Å². The van der Waals surface area contributed by atoms with Crippen LogP contribution in [0.25, 0.3) is 22.2 Å². The number of hydrogen-bond acceptors (Lipinski definition) is 6. The van der Waals surface area contributed by atoms with E-state index in [0.717, 1.165) is 44.4 Å². The number of aliphatic hydroxyl groups is 1. The molecule has 0 radical (unpaired) electrons. The number of benzene rings is 4. The lowest BCUT2D eigenvalue weighted by Crippen LogP contribution is -2.39. The lowest BCUT2D eigenvalue weighted by Gasteiger charge is -2.41. The smallest absolute Gasteiger partial charge is 0.303 e. The molecule has 242 valence electrons. The highest BCUT2D eigenvalue weighted by Gasteiger charge is 2.38. The number of aliphatic hydroxyl groups excluding tert-OH is 1. The maximum atomic E-state index is 12.2. The van der Waals surface area contributed by atoms with Crippen LogP contribution in [0.2, 0.25) is 0 Å². The molecule has 1 fully saturated rings. The maximum Gasteiger partial charge on any atom is 0.303 e. The van der Waals surface area contributed by atoms with Crippen LogP contribution < -0.4 is 5.32 Å². The minimum Gasteiger partial charge on any atom is -0.481 e. The minimum atomic E-state index is -0.902. The van der Waals surface area contributed by atoms with Gasteiger partial charge < -0.3 is 29.6 Å². The largest absolute Gasteiger partial charge is 0.481 e. The molecule has 5 aromatic rings. The molecular formula is C38H39N3O6. The Morgan fingerprint density at radius 1 is 0.851 bits per heavy atom. The van der Waals surface area contributed by atoms with Gasteiger partial charge in [-0.1, -0.05) is 79.7 Å². The van der Waals surface area contributed by atoms with Crippen LogP contribution in [0.5, 0.6) is 0 Å². The first-order chi connectivity index (χ1) is 22.9. The van der Waals surface area contributed by atoms with Gasteiger partial charge in [0.2, 0.25) is 5.91 Å². The van der Waals surface area contributed by atoms with Crippen LogP contribution in [0.4, 0.5) is 0 Å². The molecule has 4 atom stereocenters. The van der Waals surface area contributed by atoms with Crippen LogP contribution in [-0.4, -0.2) is 37.7 Å². The summed E-state index contributed by atoms with van der Waals surface area (Å²) in [5.74, 6) is -1.05. The fraction of sp³-hybridized carbons (Fsp3) is 0.289. The molecule has 1 aromatic heterocycles. The highest BCUT2D eigenvalue weighted by Crippen LogP contribution is 2.43. The first-order valence-electron chi connectivity index (χ1n) is 16.0. The van der Waals surface area contributed by atoms with E-state index < -0.39 is 12.3 Å². The van der Waals surface area contributed by atoms with E-state index in [4.69, 9.17) is 14.6 Å². The molecule has 1 saturated heterocycles. The number of nitrogens with one attached hydrogen (secondary N) is 1. The number of para-hydroxylation sites is 2. The lowest BCUT2D eigenvalue weighted by atomic mass is 9.90. The van der Waals surface area contributed by atoms with Crippen LogP contribution in [0.1, 0.15) is 60.8 Å². The second-order valence-corrected chi connectivity index (χ2v) is 12.1. The molecule has 1 aliphatic rings. The Labute approximate surface area is 273 Å². The predicted molar refractivity (Wildman–Crippen MR) is 178 cm³/mol. The number of imidazole rings is 1. The van der Waals surface area contributed by atoms with E-state index in [1.54, 1.807) is 0 Å². The number of carbonyl (C=O) groups is 2. The standard InChI is InChI=1S/C38H39N3O6/c1-25-34(22-41-24-40-32-11-2-3-12-33(32)41)46-38(47-37(25)28-17-15-26(23-42)16-18-28)31-10-5-9-30(20-31)29-8-4-7-27(19-29)21-39-35(43)13-6-14-36(44)45/h2-5,7-12,15-20,24-25,34,37-38,42H,6,13-14,21-23H2,1H3,(H,39,43)(H,44,45). The summed E-state index contributed by atoms with van der Waals surface area (Å²) < 4.78 is 15.6. The zero-order valence-electron chi connectivity index (χ0n) is 26.3. The molecular weight excluding hydrogens is 594 g/mol. The van der Waals surface area contributed by atoms with Crippen LogP contribution in [0, 0.1) is 5.92 Å². The molecule has 9 nitrogen and oxygen atoms in total. The summed E-state index contributed by atoms with van der Waals surface area (Å²) >= 11 is 0. The molecule has 1 amide bonds. The topological polar surface area (TPSA) is 123 Å². The number of carboxylic acid groups (broad SMARTS) is 1. The molecule has 0 spiro atoms. The lowest BCUT2D eigenvalue weighted by molar-refractivity contribution is -0.276. The summed E-state index contributed by atoms with van der Waals surface area (Å²) in [7, 11) is 0. The van der Waals surface area contributed by atoms with Crippen LogP contribution in [0.15, 0.2) is 103 Å². The first kappa shape index (κ1) is 32.1. The van der Waals surface area contributed by atoms with Crippen molar-refractivity contribution in [3.05, 3.63) is 126 Å². The summed E-state index contributed by atoms with van der Waals surface area (Å²) in [6.45, 7) is 3.10. The van der Waals surface area contributed by atoms with Gasteiger partial charge in [-0.15, -0.1) is 0 Å². The highest BCUT2D eigenvalue weighted by atomic mass is 16.7. The van der Waals surface area contributed by atoms with Crippen molar-refractivity contribution in [1.82, 2.24) is 14.9 Å². The number of carboxylic acids is 1. The molecule has 9 heteroatoms. The average Bonchev–Trinajstić information content (AvgIpc) is 3.51. The summed E-state index contributed by atoms with van der Waals surface area (Å²) in [4.78, 5) is 27.5. The van der Waals surface area contributed by atoms with Gasteiger partial charge in [-0.25, -0.2) is 4.98 Å². The molecule has 0 bridgehead atoms. The number of ether oxygens (including phenoxy) is 2. The fourth-order valence-electron chi connectivity index (χ4n) is 6.09. The predicted octanol–water partition coefficient (Wildman–Crippen LogP) is 6.56. The quantitative estimate of drug-likeness (QED) is 0.142. The molecule has 6 rings (SSSR count). The Hall–Kier alpha value is -4.83. The van der Waals surface area contributed by atoms with Gasteiger partial charge in [0.1, 0.15) is 0 Å². The number of rotatable bonds is 12. The monoisotopic (exact) mass is 633 g/mol. The van der Waals surface area contributed by atoms with E-state index in [1.807, 2.05) is 91.3 Å². The zero-order chi connectivity index (χ0) is 32.8. The maximum absolute atomic E-state index is 12.2. The van der Waals surface area contributed by atoms with Crippen LogP contribution in [-0.2, 0) is 38.8 Å². The number of nitrogens with zero attached hydrogens (tertiary/aromatic N) is 2. The molecule has 1 aliphatic heterocycles. The SMILES string of the molecule is CC1C(Cn2cnc3ccccc32)OC(c2cccc(-c3cccc(CNC(=O)CCCC(=O)O)c3)c2)OC1c1ccc(CO)cc1. The number of fused-ring (bicyclic) bond motifs is 1. The summed E-state index contributed by atoms with van der Waals surface area (Å²) in [5, 5.41) is 21.3. The molecule has 3 N–H and O–H groups in total. The zero-order valence-corrected chi connectivity index (χ0v) is 26.3. The van der Waals surface area contributed by atoms with Crippen molar-refractivity contribution in [1.29, 1.82) is 0 Å². The Morgan fingerprint density at radius 2 is 1.62 bits per heavy atom. The number of aliphatic carboxylic acids is 1. The van der Waals surface area contributed by atoms with Crippen molar-refractivity contribution in [2.75, 3.05) is 0 Å². The Morgan fingerprint density at radius 3 is 2.40 bits per heavy atom. The van der Waals surface area contributed by atoms with Gasteiger partial charge in [0, 0.05) is 30.9 Å². The van der Waals surface area contributed by atoms with Gasteiger partial charge in [0.15, 0.2) is 6.29 Å². The third-order valence-corrected chi connectivity index (χ3v) is 8.73. The van der Waals surface area contributed by atoms with E-state index in [1.165, 1.54) is 0 Å². The first-order valence-corrected chi connectivity index (χ1v) is 16.0. The molecule has 4 unspecified atom stereocenters. The molecule has 47 heavy (non-hydrogen) atoms. The summed E-state index contributed by atoms with van der Waals surface area (Å²) in [5.41, 5.74) is 7.68. The van der Waals surface area contributed by atoms with Crippen molar-refractivity contribution in [3.8, 4) is 11.1 Å². The second kappa shape index (κ2) is 14.7. The third-order valence-electron chi connectivity index (χ3n) is 8.73. The number of hydrogen-bond donors (Lipinski definition) is 3. The Balaban J connectivity index is 1.23. The van der Waals surface area contributed by atoms with Gasteiger partial charge in [0.05, 0.1) is 42.7 Å². The summed E-state index contributed by atoms with van der Waals surface area (Å²) in [6.07, 6.45) is 1.28. The minimum absolute atomic E-state index is 0.0173. The van der Waals surface area contributed by atoms with Gasteiger partial charge >= 0.3 is 5.97 Å². The van der Waals surface area contributed by atoms with E-state index in [0.29, 0.717) is 19.5 Å². The van der Waals surface area contributed by atoms with Gasteiger partial charge in [0.25, 0.3) is 0 Å². The Kier molecular flexibility index (Phi) is 10.1. The van der Waals surface area contributed by atoms with Crippen molar-refractivity contribution in [2.45, 2.75) is 64.4 Å². The highest BCUT2D eigenvalue weighted by molar-refractivity contribution is 5.77. The van der Waals surface area contributed by atoms with E-state index in [2.05, 4.69) is 33.9 Å². The molecule has 2 heterocycles. The number of amides is 1. The fourth-order valence-corrected chi connectivity index (χ4v) is 6.09. The van der Waals surface area contributed by atoms with Gasteiger partial charge in [-0.2, -0.15) is 0 Å². The number of carbonyl (C=O) groups excluding carboxylic acids is 1. The van der Waals surface area contributed by atoms with Gasteiger partial charge in [-0.05, 0) is 58.5 Å². The normalized spacial score (nSPS) is 19.4.